The second-order valence-electron chi connectivity index (χ2n) is 4.50. The predicted molar refractivity (Wildman–Crippen MR) is 84.3 cm³/mol. The van der Waals surface area contributed by atoms with Gasteiger partial charge in [0.15, 0.2) is 5.75 Å². The molecule has 0 unspecified atom stereocenters. The molecule has 2 aromatic rings. The molecule has 2 rings (SSSR count). The van der Waals surface area contributed by atoms with E-state index in [1.165, 1.54) is 6.07 Å². The summed E-state index contributed by atoms with van der Waals surface area (Å²) in [4.78, 5) is 10.7. The van der Waals surface area contributed by atoms with Crippen LogP contribution >= 0.6 is 15.9 Å². The fourth-order valence-corrected chi connectivity index (χ4v) is 2.15. The van der Waals surface area contributed by atoms with Crippen LogP contribution in [0.3, 0.4) is 0 Å². The lowest BCUT2D eigenvalue weighted by atomic mass is 10.2. The molecule has 6 heteroatoms. The highest BCUT2D eigenvalue weighted by Gasteiger charge is 2.16. The summed E-state index contributed by atoms with van der Waals surface area (Å²) in [5, 5.41) is 14.1. The van der Waals surface area contributed by atoms with Crippen molar-refractivity contribution in [1.29, 1.82) is 0 Å². The predicted octanol–water partition coefficient (Wildman–Crippen LogP) is 3.66. The summed E-state index contributed by atoms with van der Waals surface area (Å²) in [5.41, 5.74) is 1.78. The van der Waals surface area contributed by atoms with Crippen LogP contribution in [-0.2, 0) is 13.2 Å². The number of nitro groups is 1. The van der Waals surface area contributed by atoms with Gasteiger partial charge in [0.05, 0.1) is 4.92 Å². The van der Waals surface area contributed by atoms with Crippen molar-refractivity contribution in [3.8, 4) is 5.75 Å². The first-order valence-corrected chi connectivity index (χ1v) is 7.18. The topological polar surface area (TPSA) is 64.4 Å². The molecule has 2 aromatic carbocycles. The van der Waals surface area contributed by atoms with Crippen LogP contribution in [0.1, 0.15) is 11.1 Å². The smallest absolute Gasteiger partial charge is 0.311 e. The number of ether oxygens (including phenoxy) is 1. The van der Waals surface area contributed by atoms with Crippen molar-refractivity contribution in [2.24, 2.45) is 0 Å². The zero-order valence-electron chi connectivity index (χ0n) is 11.5. The molecule has 0 radical (unpaired) electrons. The summed E-state index contributed by atoms with van der Waals surface area (Å²) in [6, 6.07) is 12.6. The van der Waals surface area contributed by atoms with Gasteiger partial charge >= 0.3 is 5.69 Å². The van der Waals surface area contributed by atoms with Gasteiger partial charge in [0.25, 0.3) is 0 Å². The van der Waals surface area contributed by atoms with E-state index in [0.29, 0.717) is 13.2 Å². The minimum absolute atomic E-state index is 0.0140. The quantitative estimate of drug-likeness (QED) is 0.637. The molecular formula is C15H15BrN2O3. The van der Waals surface area contributed by atoms with E-state index in [-0.39, 0.29) is 11.4 Å². The molecule has 110 valence electrons. The zero-order chi connectivity index (χ0) is 15.2. The van der Waals surface area contributed by atoms with Crippen molar-refractivity contribution >= 4 is 21.6 Å². The van der Waals surface area contributed by atoms with E-state index < -0.39 is 4.92 Å². The zero-order valence-corrected chi connectivity index (χ0v) is 13.1. The second-order valence-corrected chi connectivity index (χ2v) is 5.42. The Hall–Kier alpha value is -1.92. The van der Waals surface area contributed by atoms with Gasteiger partial charge in [-0.1, -0.05) is 34.1 Å². The van der Waals surface area contributed by atoms with Gasteiger partial charge in [0, 0.05) is 17.1 Å². The van der Waals surface area contributed by atoms with Gasteiger partial charge in [0.2, 0.25) is 0 Å². The van der Waals surface area contributed by atoms with E-state index in [9.17, 15) is 10.1 Å². The van der Waals surface area contributed by atoms with E-state index >= 15 is 0 Å². The lowest BCUT2D eigenvalue weighted by molar-refractivity contribution is -0.386. The molecule has 0 fully saturated rings. The van der Waals surface area contributed by atoms with Crippen LogP contribution in [0.4, 0.5) is 5.69 Å². The maximum Gasteiger partial charge on any atom is 0.311 e. The number of hydrogen-bond acceptors (Lipinski definition) is 4. The molecular weight excluding hydrogens is 336 g/mol. The van der Waals surface area contributed by atoms with Gasteiger partial charge in [-0.2, -0.15) is 0 Å². The minimum Gasteiger partial charge on any atom is -0.482 e. The molecule has 0 aromatic heterocycles. The van der Waals surface area contributed by atoms with Crippen LogP contribution in [0.5, 0.6) is 5.75 Å². The monoisotopic (exact) mass is 350 g/mol. The Bertz CT molecular complexity index is 629. The van der Waals surface area contributed by atoms with Crippen molar-refractivity contribution in [3.05, 3.63) is 68.2 Å². The normalized spacial score (nSPS) is 10.4. The van der Waals surface area contributed by atoms with Crippen LogP contribution in [0.2, 0.25) is 0 Å². The summed E-state index contributed by atoms with van der Waals surface area (Å²) < 4.78 is 6.56. The Morgan fingerprint density at radius 1 is 1.19 bits per heavy atom. The molecule has 5 nitrogen and oxygen atoms in total. The number of nitrogens with one attached hydrogen (secondary N) is 1. The lowest BCUT2D eigenvalue weighted by Crippen LogP contribution is -2.06. The molecule has 0 saturated heterocycles. The van der Waals surface area contributed by atoms with Crippen LogP contribution < -0.4 is 10.1 Å². The number of rotatable bonds is 6. The van der Waals surface area contributed by atoms with Gasteiger partial charge < -0.3 is 10.1 Å². The van der Waals surface area contributed by atoms with Crippen molar-refractivity contribution in [2.45, 2.75) is 13.2 Å². The second kappa shape index (κ2) is 7.19. The molecule has 0 bridgehead atoms. The molecule has 21 heavy (non-hydrogen) atoms. The van der Waals surface area contributed by atoms with Crippen LogP contribution in [0.15, 0.2) is 46.9 Å². The Morgan fingerprint density at radius 3 is 2.48 bits per heavy atom. The molecule has 0 aliphatic heterocycles. The number of benzene rings is 2. The first-order valence-electron chi connectivity index (χ1n) is 6.39. The largest absolute Gasteiger partial charge is 0.482 e. The summed E-state index contributed by atoms with van der Waals surface area (Å²) in [7, 11) is 1.80. The third-order valence-corrected chi connectivity index (χ3v) is 3.44. The van der Waals surface area contributed by atoms with Crippen molar-refractivity contribution in [3.63, 3.8) is 0 Å². The Labute approximate surface area is 131 Å². The van der Waals surface area contributed by atoms with E-state index in [1.54, 1.807) is 13.1 Å². The maximum absolute atomic E-state index is 11.1. The summed E-state index contributed by atoms with van der Waals surface area (Å²) in [6.45, 7) is 0.868. The highest BCUT2D eigenvalue weighted by Crippen LogP contribution is 2.28. The van der Waals surface area contributed by atoms with Gasteiger partial charge in [-0.15, -0.1) is 0 Å². The molecule has 0 heterocycles. The van der Waals surface area contributed by atoms with Crippen molar-refractivity contribution in [2.75, 3.05) is 7.05 Å². The molecule has 1 N–H and O–H groups in total. The van der Waals surface area contributed by atoms with E-state index in [2.05, 4.69) is 21.2 Å². The highest BCUT2D eigenvalue weighted by molar-refractivity contribution is 9.10. The Balaban J connectivity index is 2.15. The number of halogens is 1. The van der Waals surface area contributed by atoms with Crippen molar-refractivity contribution < 1.29 is 9.66 Å². The molecule has 0 atom stereocenters. The molecule has 0 spiro atoms. The summed E-state index contributed by atoms with van der Waals surface area (Å²) in [6.07, 6.45) is 0. The third kappa shape index (κ3) is 4.27. The van der Waals surface area contributed by atoms with E-state index in [1.807, 2.05) is 30.3 Å². The number of nitrogens with zero attached hydrogens (tertiary/aromatic N) is 1. The number of hydrogen-bond donors (Lipinski definition) is 1. The average Bonchev–Trinajstić information content (AvgIpc) is 2.47. The van der Waals surface area contributed by atoms with E-state index in [0.717, 1.165) is 15.6 Å². The lowest BCUT2D eigenvalue weighted by Gasteiger charge is -2.08. The highest BCUT2D eigenvalue weighted by atomic mass is 79.9. The first kappa shape index (κ1) is 15.5. The van der Waals surface area contributed by atoms with Crippen LogP contribution in [0, 0.1) is 10.1 Å². The number of nitro benzene ring substituents is 1. The minimum atomic E-state index is -0.421. The first-order chi connectivity index (χ1) is 10.1. The Morgan fingerprint density at radius 2 is 1.86 bits per heavy atom. The fourth-order valence-electron chi connectivity index (χ4n) is 1.88. The van der Waals surface area contributed by atoms with Crippen LogP contribution in [-0.4, -0.2) is 12.0 Å². The summed E-state index contributed by atoms with van der Waals surface area (Å²) >= 11 is 3.36. The van der Waals surface area contributed by atoms with Gasteiger partial charge in [-0.05, 0) is 36.4 Å². The average molecular weight is 351 g/mol. The molecule has 0 aliphatic carbocycles. The van der Waals surface area contributed by atoms with Gasteiger partial charge in [-0.25, -0.2) is 0 Å². The Kier molecular flexibility index (Phi) is 5.30. The molecule has 0 amide bonds. The standard InChI is InChI=1S/C15H15BrN2O3/c1-17-9-12-4-7-15(14(8-12)18(19)20)21-10-11-2-5-13(16)6-3-11/h2-8,17H,9-10H2,1H3. The maximum atomic E-state index is 11.1. The fraction of sp³-hybridized carbons (Fsp3) is 0.200. The van der Waals surface area contributed by atoms with Gasteiger partial charge in [0.1, 0.15) is 6.61 Å². The van der Waals surface area contributed by atoms with Crippen molar-refractivity contribution in [1.82, 2.24) is 5.32 Å². The van der Waals surface area contributed by atoms with Gasteiger partial charge in [-0.3, -0.25) is 10.1 Å². The molecule has 0 aliphatic rings. The SMILES string of the molecule is CNCc1ccc(OCc2ccc(Br)cc2)c([N+](=O)[O-])c1. The van der Waals surface area contributed by atoms with E-state index in [4.69, 9.17) is 4.74 Å². The third-order valence-electron chi connectivity index (χ3n) is 2.91. The summed E-state index contributed by atoms with van der Waals surface area (Å²) in [5.74, 6) is 0.280. The van der Waals surface area contributed by atoms with Crippen LogP contribution in [0.25, 0.3) is 0 Å². The molecule has 0 saturated carbocycles.